The van der Waals surface area contributed by atoms with Gasteiger partial charge in [0.2, 0.25) is 5.91 Å². The van der Waals surface area contributed by atoms with Crippen LogP contribution in [0.15, 0.2) is 23.3 Å². The Morgan fingerprint density at radius 3 is 2.83 bits per heavy atom. The fourth-order valence-corrected chi connectivity index (χ4v) is 1.21. The number of phenolic OH excluding ortho intramolecular Hbond substituents is 2. The predicted molar refractivity (Wildman–Crippen MR) is 66.4 cm³/mol. The molecular weight excluding hydrogens is 236 g/mol. The van der Waals surface area contributed by atoms with Gasteiger partial charge in [-0.3, -0.25) is 4.79 Å². The Hall–Kier alpha value is -2.08. The number of hydrogen-bond donors (Lipinski definition) is 4. The van der Waals surface area contributed by atoms with Crippen LogP contribution in [0.1, 0.15) is 25.3 Å². The number of amides is 1. The van der Waals surface area contributed by atoms with Crippen LogP contribution in [0, 0.1) is 0 Å². The van der Waals surface area contributed by atoms with Crippen LogP contribution in [0.4, 0.5) is 0 Å². The minimum absolute atomic E-state index is 0.0504. The molecule has 1 aromatic carbocycles. The van der Waals surface area contributed by atoms with Gasteiger partial charge in [0.05, 0.1) is 12.3 Å². The average molecular weight is 252 g/mol. The normalized spacial score (nSPS) is 12.6. The van der Waals surface area contributed by atoms with Crippen LogP contribution in [0.3, 0.4) is 0 Å². The molecule has 0 aliphatic carbocycles. The number of carbonyl (C=O) groups excluding carboxylic acids is 1. The molecule has 1 amide bonds. The van der Waals surface area contributed by atoms with Gasteiger partial charge in [0.1, 0.15) is 11.5 Å². The molecule has 1 atom stereocenters. The number of aliphatic hydroxyl groups excluding tert-OH is 1. The van der Waals surface area contributed by atoms with E-state index in [9.17, 15) is 9.90 Å². The molecule has 6 nitrogen and oxygen atoms in total. The molecule has 0 unspecified atom stereocenters. The number of carbonyl (C=O) groups is 1. The lowest BCUT2D eigenvalue weighted by Crippen LogP contribution is -2.18. The first kappa shape index (κ1) is 14.0. The van der Waals surface area contributed by atoms with Crippen LogP contribution >= 0.6 is 0 Å². The standard InChI is InChI=1S/C12H16N2O4/c1-8(15)2-5-12(18)14-13-7-9-3-4-10(16)6-11(9)17/h3-4,6-8,15-17H,2,5H2,1H3,(H,14,18)/b13-7-/t8-/m1/s1. The van der Waals surface area contributed by atoms with Gasteiger partial charge in [0.25, 0.3) is 0 Å². The quantitative estimate of drug-likeness (QED) is 0.458. The first-order valence-electron chi connectivity index (χ1n) is 5.51. The second kappa shape index (κ2) is 6.61. The molecular formula is C12H16N2O4. The van der Waals surface area contributed by atoms with E-state index in [1.54, 1.807) is 6.92 Å². The summed E-state index contributed by atoms with van der Waals surface area (Å²) in [5, 5.41) is 31.2. The maximum atomic E-state index is 11.2. The Balaban J connectivity index is 2.47. The van der Waals surface area contributed by atoms with Crippen molar-refractivity contribution >= 4 is 12.1 Å². The first-order valence-corrected chi connectivity index (χ1v) is 5.51. The molecule has 18 heavy (non-hydrogen) atoms. The van der Waals surface area contributed by atoms with Gasteiger partial charge in [0, 0.05) is 18.1 Å². The van der Waals surface area contributed by atoms with Gasteiger partial charge in [-0.05, 0) is 25.5 Å². The number of aliphatic hydroxyl groups is 1. The van der Waals surface area contributed by atoms with E-state index in [2.05, 4.69) is 10.5 Å². The number of benzene rings is 1. The van der Waals surface area contributed by atoms with Crippen LogP contribution in [-0.4, -0.2) is 33.5 Å². The molecule has 98 valence electrons. The lowest BCUT2D eigenvalue weighted by Gasteiger charge is -2.02. The van der Waals surface area contributed by atoms with Crippen LogP contribution in [0.25, 0.3) is 0 Å². The summed E-state index contributed by atoms with van der Waals surface area (Å²) < 4.78 is 0. The van der Waals surface area contributed by atoms with E-state index < -0.39 is 6.10 Å². The summed E-state index contributed by atoms with van der Waals surface area (Å²) in [7, 11) is 0. The molecule has 0 aliphatic heterocycles. The first-order chi connectivity index (χ1) is 8.49. The molecule has 0 aliphatic rings. The number of aromatic hydroxyl groups is 2. The third-order valence-electron chi connectivity index (χ3n) is 2.20. The molecule has 0 radical (unpaired) electrons. The summed E-state index contributed by atoms with van der Waals surface area (Å²) in [6.45, 7) is 1.60. The van der Waals surface area contributed by atoms with Gasteiger partial charge in [-0.25, -0.2) is 5.43 Å². The SMILES string of the molecule is C[C@@H](O)CCC(=O)N/N=C\c1ccc(O)cc1O. The van der Waals surface area contributed by atoms with Gasteiger partial charge in [-0.1, -0.05) is 0 Å². The highest BCUT2D eigenvalue weighted by Gasteiger charge is 2.03. The van der Waals surface area contributed by atoms with Crippen molar-refractivity contribution in [2.75, 3.05) is 0 Å². The van der Waals surface area contributed by atoms with E-state index in [4.69, 9.17) is 10.2 Å². The molecule has 0 saturated heterocycles. The van der Waals surface area contributed by atoms with E-state index in [0.29, 0.717) is 12.0 Å². The zero-order valence-corrected chi connectivity index (χ0v) is 10.00. The number of rotatable bonds is 5. The van der Waals surface area contributed by atoms with Crippen molar-refractivity contribution in [2.24, 2.45) is 5.10 Å². The Kier molecular flexibility index (Phi) is 5.13. The van der Waals surface area contributed by atoms with E-state index in [0.717, 1.165) is 0 Å². The fraction of sp³-hybridized carbons (Fsp3) is 0.333. The minimum atomic E-state index is -0.527. The minimum Gasteiger partial charge on any atom is -0.508 e. The van der Waals surface area contributed by atoms with Crippen molar-refractivity contribution in [2.45, 2.75) is 25.9 Å². The topological polar surface area (TPSA) is 102 Å². The van der Waals surface area contributed by atoms with Gasteiger partial charge in [0.15, 0.2) is 0 Å². The Labute approximate surface area is 105 Å². The second-order valence-corrected chi connectivity index (χ2v) is 3.92. The highest BCUT2D eigenvalue weighted by Crippen LogP contribution is 2.20. The van der Waals surface area contributed by atoms with Crippen molar-refractivity contribution in [1.29, 1.82) is 0 Å². The molecule has 0 spiro atoms. The second-order valence-electron chi connectivity index (χ2n) is 3.92. The van der Waals surface area contributed by atoms with E-state index in [-0.39, 0.29) is 23.8 Å². The lowest BCUT2D eigenvalue weighted by molar-refractivity contribution is -0.121. The van der Waals surface area contributed by atoms with Crippen LogP contribution in [-0.2, 0) is 4.79 Å². The summed E-state index contributed by atoms with van der Waals surface area (Å²) in [5.41, 5.74) is 2.65. The number of phenols is 2. The zero-order valence-electron chi connectivity index (χ0n) is 10.00. The van der Waals surface area contributed by atoms with Crippen LogP contribution < -0.4 is 5.43 Å². The molecule has 0 saturated carbocycles. The molecule has 0 heterocycles. The maximum absolute atomic E-state index is 11.2. The van der Waals surface area contributed by atoms with Crippen molar-refractivity contribution < 1.29 is 20.1 Å². The van der Waals surface area contributed by atoms with Gasteiger partial charge in [-0.2, -0.15) is 5.10 Å². The number of nitrogens with one attached hydrogen (secondary N) is 1. The molecule has 0 fully saturated rings. The summed E-state index contributed by atoms with van der Waals surface area (Å²) in [5.74, 6) is -0.493. The number of hydrazone groups is 1. The fourth-order valence-electron chi connectivity index (χ4n) is 1.21. The van der Waals surface area contributed by atoms with Crippen LogP contribution in [0.2, 0.25) is 0 Å². The zero-order chi connectivity index (χ0) is 13.5. The van der Waals surface area contributed by atoms with Gasteiger partial charge in [-0.15, -0.1) is 0 Å². The molecule has 0 bridgehead atoms. The highest BCUT2D eigenvalue weighted by atomic mass is 16.3. The monoisotopic (exact) mass is 252 g/mol. The van der Waals surface area contributed by atoms with Gasteiger partial charge >= 0.3 is 0 Å². The Morgan fingerprint density at radius 2 is 2.22 bits per heavy atom. The largest absolute Gasteiger partial charge is 0.508 e. The third-order valence-corrected chi connectivity index (χ3v) is 2.20. The Bertz CT molecular complexity index is 444. The molecule has 1 rings (SSSR count). The van der Waals surface area contributed by atoms with Crippen molar-refractivity contribution in [3.05, 3.63) is 23.8 Å². The summed E-state index contributed by atoms with van der Waals surface area (Å²) >= 11 is 0. The summed E-state index contributed by atoms with van der Waals surface area (Å²) in [4.78, 5) is 11.2. The lowest BCUT2D eigenvalue weighted by atomic mass is 10.2. The van der Waals surface area contributed by atoms with Gasteiger partial charge < -0.3 is 15.3 Å². The highest BCUT2D eigenvalue weighted by molar-refractivity contribution is 5.85. The summed E-state index contributed by atoms with van der Waals surface area (Å²) in [6, 6.07) is 4.04. The number of hydrogen-bond acceptors (Lipinski definition) is 5. The smallest absolute Gasteiger partial charge is 0.240 e. The van der Waals surface area contributed by atoms with Crippen molar-refractivity contribution in [1.82, 2.24) is 5.43 Å². The summed E-state index contributed by atoms with van der Waals surface area (Å²) in [6.07, 6.45) is 1.29. The average Bonchev–Trinajstić information content (AvgIpc) is 2.29. The predicted octanol–water partition coefficient (Wildman–Crippen LogP) is 0.709. The van der Waals surface area contributed by atoms with Crippen molar-refractivity contribution in [3.8, 4) is 11.5 Å². The third kappa shape index (κ3) is 4.84. The van der Waals surface area contributed by atoms with E-state index in [1.807, 2.05) is 0 Å². The molecule has 4 N–H and O–H groups in total. The molecule has 6 heteroatoms. The number of nitrogens with zero attached hydrogens (tertiary/aromatic N) is 1. The molecule has 0 aromatic heterocycles. The maximum Gasteiger partial charge on any atom is 0.240 e. The van der Waals surface area contributed by atoms with E-state index >= 15 is 0 Å². The van der Waals surface area contributed by atoms with E-state index in [1.165, 1.54) is 24.4 Å². The molecule has 1 aromatic rings. The van der Waals surface area contributed by atoms with Crippen LogP contribution in [0.5, 0.6) is 11.5 Å². The Morgan fingerprint density at radius 1 is 1.50 bits per heavy atom. The van der Waals surface area contributed by atoms with Crippen molar-refractivity contribution in [3.63, 3.8) is 0 Å².